The summed E-state index contributed by atoms with van der Waals surface area (Å²) >= 11 is 0. The van der Waals surface area contributed by atoms with E-state index in [2.05, 4.69) is 10.6 Å². The second-order valence-electron chi connectivity index (χ2n) is 9.11. The largest absolute Gasteiger partial charge is 0.357 e. The fourth-order valence-corrected chi connectivity index (χ4v) is 4.56. The van der Waals surface area contributed by atoms with Crippen LogP contribution in [-0.4, -0.2) is 61.4 Å². The minimum Gasteiger partial charge on any atom is -0.357 e. The summed E-state index contributed by atoms with van der Waals surface area (Å²) in [4.78, 5) is 21.5. The van der Waals surface area contributed by atoms with Gasteiger partial charge in [0.2, 0.25) is 5.91 Å². The maximum Gasteiger partial charge on any atom is 0.225 e. The molecule has 6 nitrogen and oxygen atoms in total. The van der Waals surface area contributed by atoms with Crippen molar-refractivity contribution in [2.24, 2.45) is 10.9 Å². The molecule has 0 aromatic heterocycles. The van der Waals surface area contributed by atoms with Crippen LogP contribution >= 0.6 is 0 Å². The van der Waals surface area contributed by atoms with Crippen molar-refractivity contribution in [2.45, 2.75) is 64.6 Å². The maximum atomic E-state index is 14.0. The molecule has 7 heteroatoms. The summed E-state index contributed by atoms with van der Waals surface area (Å²) in [5.41, 5.74) is 1.67. The lowest BCUT2D eigenvalue weighted by Gasteiger charge is -2.26. The van der Waals surface area contributed by atoms with E-state index in [0.29, 0.717) is 24.6 Å². The Morgan fingerprint density at radius 1 is 1.23 bits per heavy atom. The van der Waals surface area contributed by atoms with Gasteiger partial charge in [-0.2, -0.15) is 0 Å². The molecule has 1 aromatic carbocycles. The van der Waals surface area contributed by atoms with Gasteiger partial charge in [-0.15, -0.1) is 0 Å². The van der Waals surface area contributed by atoms with Crippen LogP contribution in [-0.2, 0) is 17.9 Å². The van der Waals surface area contributed by atoms with Crippen molar-refractivity contribution in [3.63, 3.8) is 0 Å². The molecule has 3 rings (SSSR count). The highest BCUT2D eigenvalue weighted by Crippen LogP contribution is 2.26. The summed E-state index contributed by atoms with van der Waals surface area (Å²) in [6.07, 6.45) is 6.66. The number of hydrogen-bond donors (Lipinski definition) is 2. The first-order valence-corrected chi connectivity index (χ1v) is 11.7. The van der Waals surface area contributed by atoms with Crippen LogP contribution in [0.4, 0.5) is 4.39 Å². The van der Waals surface area contributed by atoms with Crippen molar-refractivity contribution in [3.05, 3.63) is 35.1 Å². The van der Waals surface area contributed by atoms with Crippen molar-refractivity contribution in [1.29, 1.82) is 0 Å². The third-order valence-corrected chi connectivity index (χ3v) is 6.16. The molecular formula is C24H38FN5O. The van der Waals surface area contributed by atoms with Gasteiger partial charge in [0.1, 0.15) is 5.82 Å². The van der Waals surface area contributed by atoms with Gasteiger partial charge in [-0.25, -0.2) is 9.38 Å². The van der Waals surface area contributed by atoms with E-state index >= 15 is 0 Å². The Bertz CT molecular complexity index is 760. The number of rotatable bonds is 7. The summed E-state index contributed by atoms with van der Waals surface area (Å²) < 4.78 is 14.0. The van der Waals surface area contributed by atoms with E-state index in [-0.39, 0.29) is 17.8 Å². The Labute approximate surface area is 186 Å². The van der Waals surface area contributed by atoms with Crippen LogP contribution in [0.1, 0.15) is 56.6 Å². The maximum absolute atomic E-state index is 14.0. The van der Waals surface area contributed by atoms with Crippen molar-refractivity contribution >= 4 is 11.9 Å². The van der Waals surface area contributed by atoms with Crippen LogP contribution in [0, 0.1) is 11.7 Å². The summed E-state index contributed by atoms with van der Waals surface area (Å²) in [7, 11) is 3.86. The van der Waals surface area contributed by atoms with E-state index in [1.807, 2.05) is 36.9 Å². The number of carbonyl (C=O) groups is 1. The van der Waals surface area contributed by atoms with Gasteiger partial charge in [-0.1, -0.05) is 25.3 Å². The number of hydrogen-bond acceptors (Lipinski definition) is 3. The fraction of sp³-hybridized carbons (Fsp3) is 0.667. The van der Waals surface area contributed by atoms with Gasteiger partial charge in [-0.05, 0) is 58.0 Å². The van der Waals surface area contributed by atoms with Crippen LogP contribution < -0.4 is 10.6 Å². The normalized spacial score (nSPS) is 20.4. The molecule has 2 fully saturated rings. The first-order chi connectivity index (χ1) is 15.0. The molecule has 31 heavy (non-hydrogen) atoms. The first kappa shape index (κ1) is 23.5. The van der Waals surface area contributed by atoms with Crippen LogP contribution in [0.5, 0.6) is 0 Å². The van der Waals surface area contributed by atoms with E-state index in [0.717, 1.165) is 50.4 Å². The summed E-state index contributed by atoms with van der Waals surface area (Å²) in [5.74, 6) is 1.13. The van der Waals surface area contributed by atoms with E-state index in [1.54, 1.807) is 6.07 Å². The highest BCUT2D eigenvalue weighted by atomic mass is 19.1. The number of carbonyl (C=O) groups excluding carboxylic acids is 1. The Hall–Kier alpha value is -2.15. The van der Waals surface area contributed by atoms with Gasteiger partial charge in [0.25, 0.3) is 0 Å². The molecule has 1 atom stereocenters. The van der Waals surface area contributed by atoms with Gasteiger partial charge in [-0.3, -0.25) is 4.79 Å². The second-order valence-corrected chi connectivity index (χ2v) is 9.11. The lowest BCUT2D eigenvalue weighted by molar-refractivity contribution is -0.135. The minimum atomic E-state index is -0.180. The van der Waals surface area contributed by atoms with Gasteiger partial charge in [0.05, 0.1) is 6.54 Å². The van der Waals surface area contributed by atoms with Crippen molar-refractivity contribution in [1.82, 2.24) is 20.4 Å². The lowest BCUT2D eigenvalue weighted by atomic mass is 9.88. The predicted molar refractivity (Wildman–Crippen MR) is 123 cm³/mol. The second kappa shape index (κ2) is 11.5. The van der Waals surface area contributed by atoms with E-state index in [4.69, 9.17) is 4.99 Å². The first-order valence-electron chi connectivity index (χ1n) is 11.7. The van der Waals surface area contributed by atoms with Gasteiger partial charge >= 0.3 is 0 Å². The van der Waals surface area contributed by atoms with E-state index in [1.165, 1.54) is 25.3 Å². The number of halogens is 1. The molecule has 1 aromatic rings. The molecule has 1 saturated heterocycles. The number of amides is 1. The topological polar surface area (TPSA) is 60.0 Å². The van der Waals surface area contributed by atoms with Crippen molar-refractivity contribution in [2.75, 3.05) is 33.7 Å². The van der Waals surface area contributed by atoms with E-state index in [9.17, 15) is 9.18 Å². The number of guanidine groups is 1. The SMILES string of the molecule is CCNC(=NCc1ccc(F)c(CN(C)C)c1)NC1CCN(C(=O)C2CCCCC2)C1. The smallest absolute Gasteiger partial charge is 0.225 e. The Morgan fingerprint density at radius 2 is 2.00 bits per heavy atom. The summed E-state index contributed by atoms with van der Waals surface area (Å²) in [5, 5.41) is 6.79. The third-order valence-electron chi connectivity index (χ3n) is 6.16. The molecule has 172 valence electrons. The lowest BCUT2D eigenvalue weighted by Crippen LogP contribution is -2.45. The average Bonchev–Trinajstić information content (AvgIpc) is 3.22. The highest BCUT2D eigenvalue weighted by Gasteiger charge is 2.31. The standard InChI is InChI=1S/C24H38FN5O/c1-4-26-24(27-15-18-10-11-22(25)20(14-18)16-29(2)3)28-21-12-13-30(17-21)23(31)19-8-6-5-7-9-19/h10-11,14,19,21H,4-9,12-13,15-17H2,1-3H3,(H2,26,27,28). The van der Waals surface area contributed by atoms with Crippen LogP contribution in [0.3, 0.4) is 0 Å². The summed E-state index contributed by atoms with van der Waals surface area (Å²) in [6.45, 7) is 5.40. The average molecular weight is 432 g/mol. The number of aliphatic imine (C=N–C) groups is 1. The van der Waals surface area contributed by atoms with E-state index < -0.39 is 0 Å². The molecule has 0 bridgehead atoms. The molecular weight excluding hydrogens is 393 g/mol. The van der Waals surface area contributed by atoms with Gasteiger partial charge < -0.3 is 20.4 Å². The number of likely N-dealkylation sites (tertiary alicyclic amines) is 1. The number of benzene rings is 1. The molecule has 2 aliphatic rings. The zero-order valence-corrected chi connectivity index (χ0v) is 19.3. The Kier molecular flexibility index (Phi) is 8.69. The quantitative estimate of drug-likeness (QED) is 0.514. The molecule has 1 unspecified atom stereocenters. The van der Waals surface area contributed by atoms with Crippen LogP contribution in [0.15, 0.2) is 23.2 Å². The molecule has 2 N–H and O–H groups in total. The molecule has 0 radical (unpaired) electrons. The Morgan fingerprint density at radius 3 is 2.71 bits per heavy atom. The molecule has 1 aliphatic heterocycles. The molecule has 1 amide bonds. The highest BCUT2D eigenvalue weighted by molar-refractivity contribution is 5.81. The monoisotopic (exact) mass is 431 g/mol. The molecule has 1 aliphatic carbocycles. The minimum absolute atomic E-state index is 0.180. The van der Waals surface area contributed by atoms with Crippen molar-refractivity contribution < 1.29 is 9.18 Å². The zero-order chi connectivity index (χ0) is 22.2. The van der Waals surface area contributed by atoms with Crippen LogP contribution in [0.25, 0.3) is 0 Å². The molecule has 1 saturated carbocycles. The summed E-state index contributed by atoms with van der Waals surface area (Å²) in [6, 6.07) is 5.42. The van der Waals surface area contributed by atoms with Gasteiger partial charge in [0, 0.05) is 43.7 Å². The zero-order valence-electron chi connectivity index (χ0n) is 19.3. The number of nitrogens with zero attached hydrogens (tertiary/aromatic N) is 3. The number of nitrogens with one attached hydrogen (secondary N) is 2. The molecule has 0 spiro atoms. The third kappa shape index (κ3) is 6.92. The van der Waals surface area contributed by atoms with Crippen LogP contribution in [0.2, 0.25) is 0 Å². The van der Waals surface area contributed by atoms with Crippen molar-refractivity contribution in [3.8, 4) is 0 Å². The molecule has 1 heterocycles. The fourth-order valence-electron chi connectivity index (χ4n) is 4.56. The predicted octanol–water partition coefficient (Wildman–Crippen LogP) is 3.12. The Balaban J connectivity index is 1.57. The van der Waals surface area contributed by atoms with Gasteiger partial charge in [0.15, 0.2) is 5.96 Å².